The van der Waals surface area contributed by atoms with Gasteiger partial charge in [-0.15, -0.1) is 11.3 Å². The summed E-state index contributed by atoms with van der Waals surface area (Å²) in [5.41, 5.74) is 3.20. The number of amides is 1. The molecule has 4 rings (SSSR count). The molecule has 1 aliphatic rings. The Morgan fingerprint density at radius 3 is 2.68 bits per heavy atom. The first-order chi connectivity index (χ1) is 14.9. The van der Waals surface area contributed by atoms with Gasteiger partial charge in [-0.2, -0.15) is 0 Å². The van der Waals surface area contributed by atoms with Gasteiger partial charge in [-0.3, -0.25) is 18.9 Å². The van der Waals surface area contributed by atoms with Crippen molar-refractivity contribution in [1.29, 1.82) is 0 Å². The van der Waals surface area contributed by atoms with E-state index < -0.39 is 0 Å². The quantitative estimate of drug-likeness (QED) is 0.590. The second kappa shape index (κ2) is 9.20. The molecule has 3 aromatic rings. The molecule has 8 heteroatoms. The molecule has 7 nitrogen and oxygen atoms in total. The Morgan fingerprint density at radius 1 is 1.19 bits per heavy atom. The van der Waals surface area contributed by atoms with Crippen LogP contribution in [0.5, 0.6) is 5.75 Å². The molecule has 0 spiro atoms. The summed E-state index contributed by atoms with van der Waals surface area (Å²) in [6.45, 7) is 9.86. The summed E-state index contributed by atoms with van der Waals surface area (Å²) in [6, 6.07) is 7.61. The Kier molecular flexibility index (Phi) is 6.38. The van der Waals surface area contributed by atoms with Gasteiger partial charge in [-0.05, 0) is 36.1 Å². The molecule has 1 fully saturated rings. The molecule has 164 valence electrons. The third-order valence-corrected chi connectivity index (χ3v) is 6.45. The fourth-order valence-corrected chi connectivity index (χ4v) is 4.71. The summed E-state index contributed by atoms with van der Waals surface area (Å²) in [7, 11) is 0. The summed E-state index contributed by atoms with van der Waals surface area (Å²) in [4.78, 5) is 34.1. The van der Waals surface area contributed by atoms with E-state index in [1.807, 2.05) is 22.4 Å². The number of hydrogen-bond acceptors (Lipinski definition) is 6. The zero-order valence-electron chi connectivity index (χ0n) is 18.2. The predicted molar refractivity (Wildman–Crippen MR) is 122 cm³/mol. The van der Waals surface area contributed by atoms with Crippen molar-refractivity contribution < 1.29 is 9.53 Å². The lowest BCUT2D eigenvalue weighted by atomic mass is 9.98. The lowest BCUT2D eigenvalue weighted by Crippen LogP contribution is -2.49. The molecule has 2 aromatic heterocycles. The topological polar surface area (TPSA) is 67.2 Å². The molecule has 31 heavy (non-hydrogen) atoms. The van der Waals surface area contributed by atoms with Crippen LogP contribution >= 0.6 is 11.3 Å². The summed E-state index contributed by atoms with van der Waals surface area (Å²) < 4.78 is 7.31. The van der Waals surface area contributed by atoms with Crippen LogP contribution in [-0.2, 0) is 11.3 Å². The van der Waals surface area contributed by atoms with Gasteiger partial charge in [-0.1, -0.05) is 19.9 Å². The van der Waals surface area contributed by atoms with Crippen molar-refractivity contribution in [2.45, 2.75) is 33.2 Å². The van der Waals surface area contributed by atoms with Crippen molar-refractivity contribution in [2.24, 2.45) is 0 Å². The highest BCUT2D eigenvalue weighted by molar-refractivity contribution is 7.15. The van der Waals surface area contributed by atoms with E-state index in [2.05, 4.69) is 36.7 Å². The van der Waals surface area contributed by atoms with Crippen LogP contribution in [0.15, 0.2) is 40.6 Å². The molecule has 3 heterocycles. The monoisotopic (exact) mass is 440 g/mol. The van der Waals surface area contributed by atoms with Crippen LogP contribution in [0.1, 0.15) is 36.6 Å². The van der Waals surface area contributed by atoms with Gasteiger partial charge in [0, 0.05) is 50.4 Å². The SMILES string of the molecule is Cc1cc(OCC(=O)N2CCN(Cc3cc(=O)n4ccsc4n3)CC2)ccc1C(C)C. The highest BCUT2D eigenvalue weighted by atomic mass is 32.1. The molecule has 0 bridgehead atoms. The largest absolute Gasteiger partial charge is 0.484 e. The average Bonchev–Trinajstić information content (AvgIpc) is 3.21. The molecule has 0 saturated carbocycles. The summed E-state index contributed by atoms with van der Waals surface area (Å²) in [5.74, 6) is 1.20. The average molecular weight is 441 g/mol. The van der Waals surface area contributed by atoms with E-state index in [1.165, 1.54) is 22.5 Å². The number of ether oxygens (including phenoxy) is 1. The van der Waals surface area contributed by atoms with Crippen LogP contribution < -0.4 is 10.3 Å². The van der Waals surface area contributed by atoms with E-state index >= 15 is 0 Å². The maximum atomic E-state index is 12.6. The summed E-state index contributed by atoms with van der Waals surface area (Å²) in [6.07, 6.45) is 1.74. The molecular formula is C23H28N4O3S. The summed E-state index contributed by atoms with van der Waals surface area (Å²) in [5, 5.41) is 1.86. The second-order valence-electron chi connectivity index (χ2n) is 8.26. The Labute approximate surface area is 185 Å². The van der Waals surface area contributed by atoms with E-state index in [0.29, 0.717) is 30.5 Å². The fourth-order valence-electron chi connectivity index (χ4n) is 3.98. The Hall–Kier alpha value is -2.71. The van der Waals surface area contributed by atoms with Crippen LogP contribution in [0, 0.1) is 6.92 Å². The van der Waals surface area contributed by atoms with Crippen molar-refractivity contribution in [3.05, 3.63) is 63.0 Å². The van der Waals surface area contributed by atoms with Gasteiger partial charge in [0.25, 0.3) is 11.5 Å². The zero-order valence-corrected chi connectivity index (χ0v) is 19.0. The third-order valence-electron chi connectivity index (χ3n) is 5.69. The highest BCUT2D eigenvalue weighted by Crippen LogP contribution is 2.23. The highest BCUT2D eigenvalue weighted by Gasteiger charge is 2.22. The number of aromatic nitrogens is 2. The lowest BCUT2D eigenvalue weighted by Gasteiger charge is -2.34. The smallest absolute Gasteiger partial charge is 0.260 e. The van der Waals surface area contributed by atoms with Crippen LogP contribution in [0.3, 0.4) is 0 Å². The van der Waals surface area contributed by atoms with Crippen LogP contribution in [0.4, 0.5) is 0 Å². The third kappa shape index (κ3) is 4.97. The van der Waals surface area contributed by atoms with Gasteiger partial charge >= 0.3 is 0 Å². The van der Waals surface area contributed by atoms with Crippen molar-refractivity contribution >= 4 is 22.2 Å². The minimum absolute atomic E-state index is 0.00149. The zero-order chi connectivity index (χ0) is 22.0. The van der Waals surface area contributed by atoms with Crippen molar-refractivity contribution in [1.82, 2.24) is 19.2 Å². The van der Waals surface area contributed by atoms with Crippen molar-refractivity contribution in [3.63, 3.8) is 0 Å². The number of nitrogens with zero attached hydrogens (tertiary/aromatic N) is 4. The van der Waals surface area contributed by atoms with E-state index in [-0.39, 0.29) is 18.1 Å². The van der Waals surface area contributed by atoms with Crippen LogP contribution in [-0.4, -0.2) is 57.9 Å². The van der Waals surface area contributed by atoms with E-state index in [1.54, 1.807) is 16.7 Å². The minimum Gasteiger partial charge on any atom is -0.484 e. The molecule has 0 radical (unpaired) electrons. The van der Waals surface area contributed by atoms with Crippen molar-refractivity contribution in [3.8, 4) is 5.75 Å². The lowest BCUT2D eigenvalue weighted by molar-refractivity contribution is -0.135. The van der Waals surface area contributed by atoms with Gasteiger partial charge in [-0.25, -0.2) is 4.98 Å². The van der Waals surface area contributed by atoms with Gasteiger partial charge in [0.1, 0.15) is 5.75 Å². The Morgan fingerprint density at radius 2 is 1.97 bits per heavy atom. The Bertz CT molecular complexity index is 1130. The molecule has 0 atom stereocenters. The maximum Gasteiger partial charge on any atom is 0.260 e. The normalized spacial score (nSPS) is 15.0. The minimum atomic E-state index is -0.0520. The van der Waals surface area contributed by atoms with E-state index in [4.69, 9.17) is 4.74 Å². The first-order valence-corrected chi connectivity index (χ1v) is 11.5. The second-order valence-corrected chi connectivity index (χ2v) is 9.13. The predicted octanol–water partition coefficient (Wildman–Crippen LogP) is 2.91. The number of hydrogen-bond donors (Lipinski definition) is 0. The summed E-state index contributed by atoms with van der Waals surface area (Å²) >= 11 is 1.45. The number of carbonyl (C=O) groups excluding carboxylic acids is 1. The number of carbonyl (C=O) groups is 1. The van der Waals surface area contributed by atoms with Crippen LogP contribution in [0.25, 0.3) is 4.96 Å². The fraction of sp³-hybridized carbons (Fsp3) is 0.435. The van der Waals surface area contributed by atoms with Gasteiger partial charge in [0.15, 0.2) is 11.6 Å². The molecule has 0 aliphatic carbocycles. The molecule has 1 aromatic carbocycles. The van der Waals surface area contributed by atoms with E-state index in [0.717, 1.165) is 24.5 Å². The molecule has 0 unspecified atom stereocenters. The van der Waals surface area contributed by atoms with Gasteiger partial charge in [0.05, 0.1) is 5.69 Å². The molecule has 0 N–H and O–H groups in total. The number of benzene rings is 1. The number of fused-ring (bicyclic) bond motifs is 1. The van der Waals surface area contributed by atoms with E-state index in [9.17, 15) is 9.59 Å². The van der Waals surface area contributed by atoms with Crippen molar-refractivity contribution in [2.75, 3.05) is 32.8 Å². The van der Waals surface area contributed by atoms with Gasteiger partial charge < -0.3 is 9.64 Å². The molecule has 1 amide bonds. The molecule has 1 saturated heterocycles. The van der Waals surface area contributed by atoms with Gasteiger partial charge in [0.2, 0.25) is 0 Å². The Balaban J connectivity index is 1.27. The van der Waals surface area contributed by atoms with Crippen LogP contribution in [0.2, 0.25) is 0 Å². The number of aryl methyl sites for hydroxylation is 1. The molecular weight excluding hydrogens is 412 g/mol. The number of rotatable bonds is 6. The maximum absolute atomic E-state index is 12.6. The molecule has 1 aliphatic heterocycles. The standard InChI is InChI=1S/C23H28N4O3S/c1-16(2)20-5-4-19(12-17(20)3)30-15-22(29)26-8-6-25(7-9-26)14-18-13-21(28)27-10-11-31-23(27)24-18/h4-5,10-13,16H,6-9,14-15H2,1-3H3. The first kappa shape index (κ1) is 21.5. The number of thiazole rings is 1. The first-order valence-electron chi connectivity index (χ1n) is 10.6. The number of piperazine rings is 1.